The lowest BCUT2D eigenvalue weighted by molar-refractivity contribution is -0.384. The number of hydrogen-bond acceptors (Lipinski definition) is 5. The van der Waals surface area contributed by atoms with Crippen LogP contribution < -0.4 is 5.32 Å². The predicted octanol–water partition coefficient (Wildman–Crippen LogP) is 1.52. The van der Waals surface area contributed by atoms with Crippen LogP contribution in [0.3, 0.4) is 0 Å². The summed E-state index contributed by atoms with van der Waals surface area (Å²) in [6, 6.07) is 3.67. The minimum atomic E-state index is -0.775. The molecule has 2 N–H and O–H groups in total. The van der Waals surface area contributed by atoms with Gasteiger partial charge in [0.1, 0.15) is 0 Å². The molecule has 0 saturated carbocycles. The Hall–Kier alpha value is -1.70. The minimum Gasteiger partial charge on any atom is -0.394 e. The van der Waals surface area contributed by atoms with Gasteiger partial charge in [0.05, 0.1) is 27.7 Å². The Balaban J connectivity index is 2.23. The lowest BCUT2D eigenvalue weighted by Crippen LogP contribution is -2.54. The molecule has 1 aliphatic rings. The molecular formula is C13H15ClN2O5. The van der Waals surface area contributed by atoms with Gasteiger partial charge in [-0.25, -0.2) is 0 Å². The number of rotatable bonds is 4. The molecule has 1 saturated heterocycles. The molecule has 0 unspecified atom stereocenters. The summed E-state index contributed by atoms with van der Waals surface area (Å²) in [6.45, 7) is 0.641. The molecule has 0 atom stereocenters. The van der Waals surface area contributed by atoms with E-state index in [1.807, 2.05) is 0 Å². The number of carbonyl (C=O) groups excluding carboxylic acids is 1. The van der Waals surface area contributed by atoms with Gasteiger partial charge < -0.3 is 15.2 Å². The van der Waals surface area contributed by atoms with Crippen LogP contribution in [0.2, 0.25) is 5.02 Å². The van der Waals surface area contributed by atoms with Crippen LogP contribution in [0.25, 0.3) is 0 Å². The highest BCUT2D eigenvalue weighted by Crippen LogP contribution is 2.25. The zero-order valence-electron chi connectivity index (χ0n) is 11.2. The van der Waals surface area contributed by atoms with Crippen LogP contribution in [0, 0.1) is 10.1 Å². The molecule has 0 bridgehead atoms. The van der Waals surface area contributed by atoms with Gasteiger partial charge in [-0.15, -0.1) is 0 Å². The highest BCUT2D eigenvalue weighted by Gasteiger charge is 2.34. The normalized spacial score (nSPS) is 17.2. The van der Waals surface area contributed by atoms with Crippen molar-refractivity contribution in [1.82, 2.24) is 5.32 Å². The van der Waals surface area contributed by atoms with E-state index in [4.69, 9.17) is 16.3 Å². The minimum absolute atomic E-state index is 0.0187. The summed E-state index contributed by atoms with van der Waals surface area (Å²) in [6.07, 6.45) is 0.948. The summed E-state index contributed by atoms with van der Waals surface area (Å²) in [5.74, 6) is -0.542. The molecule has 8 heteroatoms. The van der Waals surface area contributed by atoms with Gasteiger partial charge >= 0.3 is 0 Å². The van der Waals surface area contributed by atoms with Crippen LogP contribution in [-0.2, 0) is 4.74 Å². The first-order valence-electron chi connectivity index (χ1n) is 6.42. The molecule has 0 spiro atoms. The molecule has 21 heavy (non-hydrogen) atoms. The number of nitro groups is 1. The van der Waals surface area contributed by atoms with E-state index in [0.29, 0.717) is 26.1 Å². The molecule has 0 aromatic heterocycles. The third-order valence-electron chi connectivity index (χ3n) is 3.54. The third kappa shape index (κ3) is 3.49. The molecule has 1 aliphatic heterocycles. The Morgan fingerprint density at radius 1 is 1.48 bits per heavy atom. The van der Waals surface area contributed by atoms with Crippen molar-refractivity contribution in [1.29, 1.82) is 0 Å². The quantitative estimate of drug-likeness (QED) is 0.648. The number of nitro benzene ring substituents is 1. The SMILES string of the molecule is O=C(NC1(CO)CCOCC1)c1cc([N+](=O)[O-])ccc1Cl. The summed E-state index contributed by atoms with van der Waals surface area (Å²) in [4.78, 5) is 22.5. The lowest BCUT2D eigenvalue weighted by Gasteiger charge is -2.36. The number of amides is 1. The summed E-state index contributed by atoms with van der Waals surface area (Å²) < 4.78 is 5.21. The molecule has 114 valence electrons. The summed E-state index contributed by atoms with van der Waals surface area (Å²) in [7, 11) is 0. The number of halogens is 1. The average Bonchev–Trinajstić information content (AvgIpc) is 2.48. The number of benzene rings is 1. The molecule has 1 heterocycles. The van der Waals surface area contributed by atoms with Gasteiger partial charge in [-0.05, 0) is 18.9 Å². The van der Waals surface area contributed by atoms with Crippen LogP contribution in [0.4, 0.5) is 5.69 Å². The number of ether oxygens (including phenoxy) is 1. The predicted molar refractivity (Wildman–Crippen MR) is 75.4 cm³/mol. The van der Waals surface area contributed by atoms with Crippen molar-refractivity contribution in [3.05, 3.63) is 38.9 Å². The number of hydrogen-bond donors (Lipinski definition) is 2. The first-order valence-corrected chi connectivity index (χ1v) is 6.80. The number of non-ortho nitro benzene ring substituents is 1. The maximum Gasteiger partial charge on any atom is 0.270 e. The fraction of sp³-hybridized carbons (Fsp3) is 0.462. The first kappa shape index (κ1) is 15.7. The van der Waals surface area contributed by atoms with Crippen LogP contribution in [0.1, 0.15) is 23.2 Å². The van der Waals surface area contributed by atoms with E-state index in [0.717, 1.165) is 6.07 Å². The maximum atomic E-state index is 12.3. The van der Waals surface area contributed by atoms with E-state index in [1.54, 1.807) is 0 Å². The second-order valence-corrected chi connectivity index (χ2v) is 5.33. The van der Waals surface area contributed by atoms with Crippen molar-refractivity contribution in [2.24, 2.45) is 0 Å². The van der Waals surface area contributed by atoms with Crippen LogP contribution in [0.15, 0.2) is 18.2 Å². The number of nitrogens with one attached hydrogen (secondary N) is 1. The zero-order valence-corrected chi connectivity index (χ0v) is 11.9. The highest BCUT2D eigenvalue weighted by molar-refractivity contribution is 6.34. The lowest BCUT2D eigenvalue weighted by atomic mass is 9.90. The molecule has 2 rings (SSSR count). The molecule has 1 amide bonds. The number of aliphatic hydroxyl groups is 1. The third-order valence-corrected chi connectivity index (χ3v) is 3.87. The number of aliphatic hydroxyl groups excluding tert-OH is 1. The van der Waals surface area contributed by atoms with Gasteiger partial charge in [0.15, 0.2) is 0 Å². The van der Waals surface area contributed by atoms with Gasteiger partial charge in [0, 0.05) is 25.3 Å². The van der Waals surface area contributed by atoms with Gasteiger partial charge in [0.25, 0.3) is 11.6 Å². The topological polar surface area (TPSA) is 102 Å². The Kier molecular flexibility index (Phi) is 4.76. The zero-order chi connectivity index (χ0) is 15.5. The number of nitrogens with zero attached hydrogens (tertiary/aromatic N) is 1. The largest absolute Gasteiger partial charge is 0.394 e. The van der Waals surface area contributed by atoms with Crippen LogP contribution >= 0.6 is 11.6 Å². The Labute approximate surface area is 126 Å². The standard InChI is InChI=1S/C13H15ClN2O5/c14-11-2-1-9(16(19)20)7-10(11)12(18)15-13(8-17)3-5-21-6-4-13/h1-2,7,17H,3-6,8H2,(H,15,18). The molecule has 7 nitrogen and oxygen atoms in total. The summed E-state index contributed by atoms with van der Waals surface area (Å²) in [5, 5.41) is 23.2. The Morgan fingerprint density at radius 2 is 2.14 bits per heavy atom. The van der Waals surface area contributed by atoms with E-state index >= 15 is 0 Å². The summed E-state index contributed by atoms with van der Waals surface area (Å²) >= 11 is 5.93. The van der Waals surface area contributed by atoms with E-state index in [-0.39, 0.29) is 22.9 Å². The molecule has 0 aliphatic carbocycles. The van der Waals surface area contributed by atoms with Crippen molar-refractivity contribution in [2.45, 2.75) is 18.4 Å². The molecule has 1 aromatic rings. The van der Waals surface area contributed by atoms with Crippen molar-refractivity contribution in [3.8, 4) is 0 Å². The maximum absolute atomic E-state index is 12.3. The van der Waals surface area contributed by atoms with Crippen LogP contribution in [-0.4, -0.2) is 41.3 Å². The monoisotopic (exact) mass is 314 g/mol. The molecular weight excluding hydrogens is 300 g/mol. The van der Waals surface area contributed by atoms with Crippen molar-refractivity contribution < 1.29 is 19.6 Å². The van der Waals surface area contributed by atoms with Crippen molar-refractivity contribution in [2.75, 3.05) is 19.8 Å². The highest BCUT2D eigenvalue weighted by atomic mass is 35.5. The van der Waals surface area contributed by atoms with Gasteiger partial charge in [0.2, 0.25) is 0 Å². The van der Waals surface area contributed by atoms with Gasteiger partial charge in [-0.1, -0.05) is 11.6 Å². The second-order valence-electron chi connectivity index (χ2n) is 4.93. The van der Waals surface area contributed by atoms with Gasteiger partial charge in [-0.2, -0.15) is 0 Å². The molecule has 1 fully saturated rings. The molecule has 0 radical (unpaired) electrons. The first-order chi connectivity index (χ1) is 9.97. The van der Waals surface area contributed by atoms with E-state index in [2.05, 4.69) is 5.32 Å². The fourth-order valence-corrected chi connectivity index (χ4v) is 2.40. The van der Waals surface area contributed by atoms with Crippen molar-refractivity contribution >= 4 is 23.2 Å². The second kappa shape index (κ2) is 6.38. The number of carbonyl (C=O) groups is 1. The summed E-state index contributed by atoms with van der Waals surface area (Å²) in [5.41, 5.74) is -0.969. The van der Waals surface area contributed by atoms with Crippen LogP contribution in [0.5, 0.6) is 0 Å². The smallest absolute Gasteiger partial charge is 0.270 e. The fourth-order valence-electron chi connectivity index (χ4n) is 2.19. The van der Waals surface area contributed by atoms with Crippen molar-refractivity contribution in [3.63, 3.8) is 0 Å². The van der Waals surface area contributed by atoms with Gasteiger partial charge in [-0.3, -0.25) is 14.9 Å². The Morgan fingerprint density at radius 3 is 2.71 bits per heavy atom. The average molecular weight is 315 g/mol. The van der Waals surface area contributed by atoms with E-state index < -0.39 is 16.4 Å². The molecule has 1 aromatic carbocycles. The Bertz CT molecular complexity index is 557. The van der Waals surface area contributed by atoms with E-state index in [1.165, 1.54) is 12.1 Å². The van der Waals surface area contributed by atoms with E-state index in [9.17, 15) is 20.0 Å².